The summed E-state index contributed by atoms with van der Waals surface area (Å²) >= 11 is 0. The quantitative estimate of drug-likeness (QED) is 0.747. The van der Waals surface area contributed by atoms with Gasteiger partial charge in [-0.05, 0) is 0 Å². The summed E-state index contributed by atoms with van der Waals surface area (Å²) in [4.78, 5) is 10.2. The molecule has 0 aromatic carbocycles. The SMILES string of the molecule is O=C(O)C(COC1COC1)C(F)(F)F. The van der Waals surface area contributed by atoms with Crippen molar-refractivity contribution in [2.24, 2.45) is 5.92 Å². The Labute approximate surface area is 77.6 Å². The highest BCUT2D eigenvalue weighted by molar-refractivity contribution is 5.71. The Kier molecular flexibility index (Phi) is 3.33. The summed E-state index contributed by atoms with van der Waals surface area (Å²) in [5.74, 6) is -4.37. The molecule has 1 aliphatic rings. The number of halogens is 3. The number of hydrogen-bond donors (Lipinski definition) is 1. The van der Waals surface area contributed by atoms with Crippen molar-refractivity contribution < 1.29 is 32.5 Å². The lowest BCUT2D eigenvalue weighted by Gasteiger charge is -2.27. The van der Waals surface area contributed by atoms with Gasteiger partial charge in [-0.15, -0.1) is 0 Å². The molecule has 0 radical (unpaired) electrons. The standard InChI is InChI=1S/C7H9F3O4/c8-7(9,10)5(6(11)12)3-14-4-1-13-2-4/h4-5H,1-3H2,(H,11,12). The summed E-state index contributed by atoms with van der Waals surface area (Å²) in [5.41, 5.74) is 0. The molecule has 1 heterocycles. The van der Waals surface area contributed by atoms with Gasteiger partial charge >= 0.3 is 12.1 Å². The van der Waals surface area contributed by atoms with E-state index < -0.39 is 30.8 Å². The predicted octanol–water partition coefficient (Wildman–Crippen LogP) is 0.665. The van der Waals surface area contributed by atoms with Gasteiger partial charge in [0, 0.05) is 0 Å². The van der Waals surface area contributed by atoms with Gasteiger partial charge in [-0.3, -0.25) is 4.79 Å². The zero-order chi connectivity index (χ0) is 10.8. The van der Waals surface area contributed by atoms with E-state index in [2.05, 4.69) is 4.74 Å². The van der Waals surface area contributed by atoms with Crippen LogP contribution in [0.1, 0.15) is 0 Å². The maximum atomic E-state index is 12.1. The van der Waals surface area contributed by atoms with Crippen LogP contribution in [0.3, 0.4) is 0 Å². The molecule has 1 atom stereocenters. The van der Waals surface area contributed by atoms with Crippen molar-refractivity contribution in [3.63, 3.8) is 0 Å². The fourth-order valence-electron chi connectivity index (χ4n) is 0.848. The average Bonchev–Trinajstić information content (AvgIpc) is 1.90. The molecular formula is C7H9F3O4. The fourth-order valence-corrected chi connectivity index (χ4v) is 0.848. The van der Waals surface area contributed by atoms with E-state index in [0.717, 1.165) is 0 Å². The molecule has 0 aromatic heterocycles. The summed E-state index contributed by atoms with van der Waals surface area (Å²) in [6.45, 7) is -0.402. The second-order valence-electron chi connectivity index (χ2n) is 2.93. The lowest BCUT2D eigenvalue weighted by Crippen LogP contribution is -2.41. The highest BCUT2D eigenvalue weighted by Gasteiger charge is 2.45. The van der Waals surface area contributed by atoms with E-state index in [0.29, 0.717) is 0 Å². The molecule has 0 aliphatic carbocycles. The Morgan fingerprint density at radius 1 is 1.57 bits per heavy atom. The molecule has 82 valence electrons. The molecule has 1 fully saturated rings. The summed E-state index contributed by atoms with van der Waals surface area (Å²) < 4.78 is 45.5. The second kappa shape index (κ2) is 4.14. The summed E-state index contributed by atoms with van der Waals surface area (Å²) in [6.07, 6.45) is -5.17. The molecular weight excluding hydrogens is 205 g/mol. The van der Waals surface area contributed by atoms with Gasteiger partial charge < -0.3 is 14.6 Å². The first-order chi connectivity index (χ1) is 6.41. The van der Waals surface area contributed by atoms with E-state index in [9.17, 15) is 18.0 Å². The van der Waals surface area contributed by atoms with Crippen LogP contribution in [0.2, 0.25) is 0 Å². The molecule has 0 aromatic rings. The van der Waals surface area contributed by atoms with Crippen molar-refractivity contribution in [2.45, 2.75) is 12.3 Å². The van der Waals surface area contributed by atoms with Gasteiger partial charge in [0.05, 0.1) is 19.8 Å². The Morgan fingerprint density at radius 3 is 2.43 bits per heavy atom. The lowest BCUT2D eigenvalue weighted by atomic mass is 10.1. The van der Waals surface area contributed by atoms with Gasteiger partial charge in [0.1, 0.15) is 6.10 Å². The minimum absolute atomic E-state index is 0.226. The highest BCUT2D eigenvalue weighted by Crippen LogP contribution is 2.27. The van der Waals surface area contributed by atoms with Crippen LogP contribution in [-0.4, -0.2) is 43.2 Å². The molecule has 1 N–H and O–H groups in total. The van der Waals surface area contributed by atoms with Gasteiger partial charge in [0.2, 0.25) is 0 Å². The number of hydrogen-bond acceptors (Lipinski definition) is 3. The summed E-state index contributed by atoms with van der Waals surface area (Å²) in [7, 11) is 0. The van der Waals surface area contributed by atoms with Crippen molar-refractivity contribution in [3.8, 4) is 0 Å². The van der Waals surface area contributed by atoms with Gasteiger partial charge in [-0.1, -0.05) is 0 Å². The lowest BCUT2D eigenvalue weighted by molar-refractivity contribution is -0.216. The number of carboxylic acids is 1. The molecule has 0 bridgehead atoms. The van der Waals surface area contributed by atoms with Crippen LogP contribution in [0.5, 0.6) is 0 Å². The first-order valence-corrected chi connectivity index (χ1v) is 3.90. The Morgan fingerprint density at radius 2 is 2.14 bits per heavy atom. The molecule has 1 unspecified atom stereocenters. The second-order valence-corrected chi connectivity index (χ2v) is 2.93. The summed E-state index contributed by atoms with van der Waals surface area (Å²) in [6, 6.07) is 0. The number of rotatable bonds is 4. The van der Waals surface area contributed by atoms with E-state index in [4.69, 9.17) is 9.84 Å². The van der Waals surface area contributed by atoms with Gasteiger partial charge in [-0.25, -0.2) is 0 Å². The summed E-state index contributed by atoms with van der Waals surface area (Å²) in [5, 5.41) is 8.28. The normalized spacial score (nSPS) is 20.2. The molecule has 4 nitrogen and oxygen atoms in total. The maximum Gasteiger partial charge on any atom is 0.404 e. The molecule has 0 amide bonds. The molecule has 1 saturated heterocycles. The average molecular weight is 214 g/mol. The van der Waals surface area contributed by atoms with E-state index in [1.54, 1.807) is 0 Å². The van der Waals surface area contributed by atoms with E-state index >= 15 is 0 Å². The zero-order valence-corrected chi connectivity index (χ0v) is 7.08. The number of ether oxygens (including phenoxy) is 2. The zero-order valence-electron chi connectivity index (χ0n) is 7.08. The van der Waals surface area contributed by atoms with Crippen LogP contribution in [0.15, 0.2) is 0 Å². The molecule has 0 saturated carbocycles. The Bertz CT molecular complexity index is 211. The Hall–Kier alpha value is -0.820. The van der Waals surface area contributed by atoms with Crippen LogP contribution in [0, 0.1) is 5.92 Å². The minimum atomic E-state index is -4.77. The number of aliphatic carboxylic acids is 1. The van der Waals surface area contributed by atoms with Crippen molar-refractivity contribution in [1.82, 2.24) is 0 Å². The molecule has 0 spiro atoms. The third-order valence-corrected chi connectivity index (χ3v) is 1.80. The van der Waals surface area contributed by atoms with Crippen LogP contribution in [0.25, 0.3) is 0 Å². The van der Waals surface area contributed by atoms with Crippen LogP contribution in [-0.2, 0) is 14.3 Å². The molecule has 1 rings (SSSR count). The smallest absolute Gasteiger partial charge is 0.404 e. The number of alkyl halides is 3. The predicted molar refractivity (Wildman–Crippen MR) is 37.7 cm³/mol. The maximum absolute atomic E-state index is 12.1. The van der Waals surface area contributed by atoms with E-state index in [1.807, 2.05) is 0 Å². The Balaban J connectivity index is 2.39. The number of carbonyl (C=O) groups is 1. The largest absolute Gasteiger partial charge is 0.481 e. The molecule has 14 heavy (non-hydrogen) atoms. The van der Waals surface area contributed by atoms with Gasteiger partial charge in [0.25, 0.3) is 0 Å². The first kappa shape index (κ1) is 11.3. The molecule has 1 aliphatic heterocycles. The van der Waals surface area contributed by atoms with Crippen molar-refractivity contribution >= 4 is 5.97 Å². The van der Waals surface area contributed by atoms with Gasteiger partial charge in [0.15, 0.2) is 5.92 Å². The fraction of sp³-hybridized carbons (Fsp3) is 0.857. The van der Waals surface area contributed by atoms with Crippen molar-refractivity contribution in [3.05, 3.63) is 0 Å². The van der Waals surface area contributed by atoms with Crippen LogP contribution in [0.4, 0.5) is 13.2 Å². The monoisotopic (exact) mass is 214 g/mol. The highest BCUT2D eigenvalue weighted by atomic mass is 19.4. The van der Waals surface area contributed by atoms with Gasteiger partial charge in [-0.2, -0.15) is 13.2 Å². The van der Waals surface area contributed by atoms with Crippen LogP contribution >= 0.6 is 0 Å². The molecule has 7 heteroatoms. The first-order valence-electron chi connectivity index (χ1n) is 3.90. The van der Waals surface area contributed by atoms with E-state index in [1.165, 1.54) is 0 Å². The number of carboxylic acid groups (broad SMARTS) is 1. The minimum Gasteiger partial charge on any atom is -0.481 e. The van der Waals surface area contributed by atoms with Crippen molar-refractivity contribution in [1.29, 1.82) is 0 Å². The van der Waals surface area contributed by atoms with Crippen LogP contribution < -0.4 is 0 Å². The van der Waals surface area contributed by atoms with E-state index in [-0.39, 0.29) is 13.2 Å². The third-order valence-electron chi connectivity index (χ3n) is 1.80. The van der Waals surface area contributed by atoms with Crippen molar-refractivity contribution in [2.75, 3.05) is 19.8 Å². The third kappa shape index (κ3) is 2.85. The topological polar surface area (TPSA) is 55.8 Å².